The van der Waals surface area contributed by atoms with Crippen LogP contribution in [0.4, 0.5) is 16.2 Å². The minimum atomic E-state index is -3.84. The molecule has 0 aromatic heterocycles. The van der Waals surface area contributed by atoms with Gasteiger partial charge in [-0.1, -0.05) is 31.2 Å². The van der Waals surface area contributed by atoms with Crippen LogP contribution in [0.15, 0.2) is 71.6 Å². The lowest BCUT2D eigenvalue weighted by molar-refractivity contribution is 0.0389. The zero-order valence-corrected chi connectivity index (χ0v) is 24.8. The molecule has 3 atom stereocenters. The molecule has 0 spiro atoms. The highest BCUT2D eigenvalue weighted by atomic mass is 32.2. The minimum Gasteiger partial charge on any atom is -0.486 e. The van der Waals surface area contributed by atoms with Gasteiger partial charge in [0.2, 0.25) is 16.8 Å². The lowest BCUT2D eigenvalue weighted by atomic mass is 9.99. The fourth-order valence-electron chi connectivity index (χ4n) is 4.94. The molecule has 0 bridgehead atoms. The number of urea groups is 1. The number of ether oxygens (including phenoxy) is 3. The SMILES string of the molecule is C[C@@H]1CN([C@@H](C)CO)C(=O)c2cccc(NC(=O)Nc3ccc4c(c3)OCO4)c2O[C@@H]1CN(C)S(=O)(=O)c1ccccc1. The van der Waals surface area contributed by atoms with E-state index in [-0.39, 0.29) is 60.2 Å². The fourth-order valence-corrected chi connectivity index (χ4v) is 6.15. The van der Waals surface area contributed by atoms with Gasteiger partial charge in [0, 0.05) is 31.3 Å². The molecule has 12 nitrogen and oxygen atoms in total. The van der Waals surface area contributed by atoms with Crippen LogP contribution >= 0.6 is 0 Å². The fraction of sp³-hybridized carbons (Fsp3) is 0.333. The van der Waals surface area contributed by atoms with Crippen LogP contribution in [0.1, 0.15) is 24.2 Å². The number of aliphatic hydroxyl groups is 1. The summed E-state index contributed by atoms with van der Waals surface area (Å²) in [5.74, 6) is 0.442. The number of benzene rings is 3. The zero-order valence-electron chi connectivity index (χ0n) is 24.0. The first-order valence-electron chi connectivity index (χ1n) is 13.8. The Balaban J connectivity index is 1.45. The molecule has 0 aliphatic carbocycles. The van der Waals surface area contributed by atoms with Crippen molar-refractivity contribution in [3.05, 3.63) is 72.3 Å². The van der Waals surface area contributed by atoms with Crippen molar-refractivity contribution in [1.82, 2.24) is 9.21 Å². The van der Waals surface area contributed by atoms with Crippen LogP contribution in [-0.2, 0) is 10.0 Å². The zero-order chi connectivity index (χ0) is 30.7. The molecule has 0 radical (unpaired) electrons. The summed E-state index contributed by atoms with van der Waals surface area (Å²) >= 11 is 0. The van der Waals surface area contributed by atoms with Gasteiger partial charge in [-0.25, -0.2) is 13.2 Å². The number of aliphatic hydroxyl groups excluding tert-OH is 1. The second kappa shape index (κ2) is 12.5. The van der Waals surface area contributed by atoms with Crippen LogP contribution in [0.5, 0.6) is 17.2 Å². The maximum atomic E-state index is 13.7. The van der Waals surface area contributed by atoms with Gasteiger partial charge in [0.05, 0.1) is 35.3 Å². The number of likely N-dealkylation sites (N-methyl/N-ethyl adjacent to an activating group) is 1. The van der Waals surface area contributed by atoms with Gasteiger partial charge in [0.25, 0.3) is 5.91 Å². The topological polar surface area (TPSA) is 147 Å². The van der Waals surface area contributed by atoms with E-state index in [4.69, 9.17) is 14.2 Å². The van der Waals surface area contributed by atoms with Crippen LogP contribution in [0, 0.1) is 5.92 Å². The predicted octanol–water partition coefficient (Wildman–Crippen LogP) is 3.60. The van der Waals surface area contributed by atoms with E-state index >= 15 is 0 Å². The summed E-state index contributed by atoms with van der Waals surface area (Å²) in [6.45, 7) is 3.59. The number of amides is 3. The number of rotatable bonds is 8. The Morgan fingerprint density at radius 1 is 1.07 bits per heavy atom. The van der Waals surface area contributed by atoms with Crippen LogP contribution < -0.4 is 24.8 Å². The maximum Gasteiger partial charge on any atom is 0.323 e. The summed E-state index contributed by atoms with van der Waals surface area (Å²) in [4.78, 5) is 28.5. The number of fused-ring (bicyclic) bond motifs is 2. The van der Waals surface area contributed by atoms with Crippen molar-refractivity contribution in [2.45, 2.75) is 30.9 Å². The van der Waals surface area contributed by atoms with E-state index in [1.807, 2.05) is 6.92 Å². The van der Waals surface area contributed by atoms with Crippen molar-refractivity contribution in [1.29, 1.82) is 0 Å². The first kappa shape index (κ1) is 30.1. The molecule has 3 amide bonds. The third kappa shape index (κ3) is 6.38. The highest BCUT2D eigenvalue weighted by Gasteiger charge is 2.36. The first-order chi connectivity index (χ1) is 20.6. The Kier molecular flexibility index (Phi) is 8.76. The van der Waals surface area contributed by atoms with Crippen molar-refractivity contribution in [2.75, 3.05) is 44.2 Å². The summed E-state index contributed by atoms with van der Waals surface area (Å²) in [5, 5.41) is 15.4. The molecule has 3 aromatic rings. The van der Waals surface area contributed by atoms with E-state index in [1.54, 1.807) is 66.4 Å². The Labute approximate surface area is 250 Å². The number of nitrogens with zero attached hydrogens (tertiary/aromatic N) is 2. The normalized spacial score (nSPS) is 18.7. The number of sulfonamides is 1. The molecule has 228 valence electrons. The number of hydrogen-bond acceptors (Lipinski definition) is 8. The van der Waals surface area contributed by atoms with E-state index in [1.165, 1.54) is 23.5 Å². The summed E-state index contributed by atoms with van der Waals surface area (Å²) in [6, 6.07) is 16.7. The van der Waals surface area contributed by atoms with E-state index in [2.05, 4.69) is 10.6 Å². The van der Waals surface area contributed by atoms with Crippen molar-refractivity contribution < 1.29 is 37.3 Å². The molecule has 3 aromatic carbocycles. The molecule has 0 unspecified atom stereocenters. The van der Waals surface area contributed by atoms with Crippen LogP contribution in [0.3, 0.4) is 0 Å². The van der Waals surface area contributed by atoms with Crippen molar-refractivity contribution >= 4 is 33.3 Å². The molecule has 2 aliphatic rings. The summed E-state index contributed by atoms with van der Waals surface area (Å²) in [7, 11) is -2.37. The van der Waals surface area contributed by atoms with Crippen LogP contribution in [0.25, 0.3) is 0 Å². The lowest BCUT2D eigenvalue weighted by Gasteiger charge is -2.38. The smallest absolute Gasteiger partial charge is 0.323 e. The van der Waals surface area contributed by atoms with Gasteiger partial charge in [-0.3, -0.25) is 4.79 Å². The predicted molar refractivity (Wildman–Crippen MR) is 159 cm³/mol. The van der Waals surface area contributed by atoms with Crippen LogP contribution in [-0.4, -0.2) is 80.4 Å². The maximum absolute atomic E-state index is 13.7. The molecule has 0 saturated carbocycles. The van der Waals surface area contributed by atoms with Gasteiger partial charge in [0.15, 0.2) is 17.2 Å². The third-order valence-electron chi connectivity index (χ3n) is 7.46. The average Bonchev–Trinajstić information content (AvgIpc) is 3.47. The molecule has 0 fully saturated rings. The second-order valence-electron chi connectivity index (χ2n) is 10.6. The van der Waals surface area contributed by atoms with Gasteiger partial charge >= 0.3 is 6.03 Å². The van der Waals surface area contributed by atoms with Crippen molar-refractivity contribution in [2.24, 2.45) is 5.92 Å². The highest BCUT2D eigenvalue weighted by molar-refractivity contribution is 7.89. The number of anilines is 2. The van der Waals surface area contributed by atoms with E-state index in [0.717, 1.165) is 0 Å². The molecule has 2 heterocycles. The summed E-state index contributed by atoms with van der Waals surface area (Å²) in [6.07, 6.45) is -0.719. The van der Waals surface area contributed by atoms with Gasteiger partial charge < -0.3 is 34.9 Å². The van der Waals surface area contributed by atoms with E-state index in [9.17, 15) is 23.1 Å². The van der Waals surface area contributed by atoms with Gasteiger partial charge in [-0.15, -0.1) is 0 Å². The lowest BCUT2D eigenvalue weighted by Crippen LogP contribution is -2.50. The quantitative estimate of drug-likeness (QED) is 0.351. The van der Waals surface area contributed by atoms with Gasteiger partial charge in [0.1, 0.15) is 6.10 Å². The molecule has 0 saturated heterocycles. The standard InChI is InChI=1S/C30H34N4O8S/c1-19-15-34(20(2)17-35)29(36)23-10-7-11-24(32-30(37)31-21-12-13-25-26(14-21)41-18-40-25)28(23)42-27(19)16-33(3)43(38,39)22-8-5-4-6-9-22/h4-14,19-20,27,35H,15-18H2,1-3H3,(H2,31,32,37)/t19-,20+,27-/m1/s1. The molecule has 5 rings (SSSR count). The number of carbonyl (C=O) groups is 2. The number of nitrogens with one attached hydrogen (secondary N) is 2. The molecule has 13 heteroatoms. The average molecular weight is 611 g/mol. The largest absolute Gasteiger partial charge is 0.486 e. The number of carbonyl (C=O) groups excluding carboxylic acids is 2. The summed E-state index contributed by atoms with van der Waals surface area (Å²) in [5.41, 5.74) is 0.847. The Morgan fingerprint density at radius 2 is 1.81 bits per heavy atom. The van der Waals surface area contributed by atoms with E-state index in [0.29, 0.717) is 17.2 Å². The van der Waals surface area contributed by atoms with Crippen molar-refractivity contribution in [3.8, 4) is 17.2 Å². The second-order valence-corrected chi connectivity index (χ2v) is 12.6. The number of hydrogen-bond donors (Lipinski definition) is 3. The Hall–Kier alpha value is -4.33. The Bertz CT molecular complexity index is 1600. The molecular formula is C30H34N4O8S. The number of para-hydroxylation sites is 1. The highest BCUT2D eigenvalue weighted by Crippen LogP contribution is 2.36. The minimum absolute atomic E-state index is 0.0366. The first-order valence-corrected chi connectivity index (χ1v) is 15.2. The van der Waals surface area contributed by atoms with Gasteiger partial charge in [-0.05, 0) is 43.3 Å². The molecule has 2 aliphatic heterocycles. The van der Waals surface area contributed by atoms with Gasteiger partial charge in [-0.2, -0.15) is 4.31 Å². The molecule has 43 heavy (non-hydrogen) atoms. The monoisotopic (exact) mass is 610 g/mol. The van der Waals surface area contributed by atoms with E-state index < -0.39 is 28.2 Å². The van der Waals surface area contributed by atoms with Crippen LogP contribution in [0.2, 0.25) is 0 Å². The Morgan fingerprint density at radius 3 is 2.56 bits per heavy atom. The molecule has 3 N–H and O–H groups in total. The summed E-state index contributed by atoms with van der Waals surface area (Å²) < 4.78 is 45.0. The molecular weight excluding hydrogens is 576 g/mol. The van der Waals surface area contributed by atoms with Crippen molar-refractivity contribution in [3.63, 3.8) is 0 Å². The third-order valence-corrected chi connectivity index (χ3v) is 9.30.